The number of anilines is 1. The monoisotopic (exact) mass is 408 g/mol. The molecule has 2 aromatic rings. The van der Waals surface area contributed by atoms with Crippen molar-refractivity contribution >= 4 is 40.9 Å². The molecule has 0 radical (unpaired) electrons. The third-order valence-corrected chi connectivity index (χ3v) is 5.11. The van der Waals surface area contributed by atoms with Crippen molar-refractivity contribution in [3.8, 4) is 5.75 Å². The van der Waals surface area contributed by atoms with E-state index < -0.39 is 11.8 Å². The largest absolute Gasteiger partial charge is 0.490 e. The summed E-state index contributed by atoms with van der Waals surface area (Å²) in [6.45, 7) is 7.86. The van der Waals surface area contributed by atoms with Gasteiger partial charge >= 0.3 is 0 Å². The van der Waals surface area contributed by atoms with Crippen molar-refractivity contribution < 1.29 is 14.3 Å². The second-order valence-electron chi connectivity index (χ2n) is 7.12. The number of nitrogens with one attached hydrogen (secondary N) is 1. The van der Waals surface area contributed by atoms with E-state index in [9.17, 15) is 9.59 Å². The molecular formula is C23H24N2O3S. The number of ether oxygens (including phenoxy) is 1. The molecule has 150 valence electrons. The van der Waals surface area contributed by atoms with Crippen molar-refractivity contribution in [3.05, 3.63) is 64.7 Å². The van der Waals surface area contributed by atoms with Crippen molar-refractivity contribution in [1.29, 1.82) is 0 Å². The summed E-state index contributed by atoms with van der Waals surface area (Å²) >= 11 is 5.30. The van der Waals surface area contributed by atoms with Crippen LogP contribution in [0.3, 0.4) is 0 Å². The lowest BCUT2D eigenvalue weighted by Gasteiger charge is -2.30. The van der Waals surface area contributed by atoms with Gasteiger partial charge in [-0.25, -0.2) is 0 Å². The van der Waals surface area contributed by atoms with E-state index in [-0.39, 0.29) is 16.8 Å². The van der Waals surface area contributed by atoms with Gasteiger partial charge in [0.1, 0.15) is 11.3 Å². The van der Waals surface area contributed by atoms with E-state index in [1.165, 1.54) is 4.90 Å². The molecule has 0 aromatic heterocycles. The average Bonchev–Trinajstić information content (AvgIpc) is 2.68. The van der Waals surface area contributed by atoms with Crippen LogP contribution in [0.2, 0.25) is 0 Å². The van der Waals surface area contributed by atoms with Crippen molar-refractivity contribution in [1.82, 2.24) is 5.32 Å². The van der Waals surface area contributed by atoms with Gasteiger partial charge in [-0.1, -0.05) is 37.3 Å². The molecule has 1 saturated heterocycles. The molecule has 0 aliphatic carbocycles. The molecule has 1 N–H and O–H groups in total. The molecule has 6 heteroatoms. The van der Waals surface area contributed by atoms with Gasteiger partial charge in [-0.3, -0.25) is 19.8 Å². The SMILES string of the molecule is CC[C@H](C)Oc1ccccc1/C=C1\C(=O)NC(=S)N(c2cc(C)ccc2C)C1=O. The Morgan fingerprint density at radius 2 is 1.90 bits per heavy atom. The Kier molecular flexibility index (Phi) is 6.13. The standard InChI is InChI=1S/C23H24N2O3S/c1-5-16(4)28-20-9-7-6-8-17(20)13-18-21(26)24-23(29)25(22(18)27)19-12-14(2)10-11-15(19)3/h6-13,16H,5H2,1-4H3,(H,24,26,29)/b18-13+/t16-/m0/s1. The van der Waals surface area contributed by atoms with Crippen LogP contribution in [-0.4, -0.2) is 23.0 Å². The number of carbonyl (C=O) groups excluding carboxylic acids is 2. The molecule has 0 unspecified atom stereocenters. The van der Waals surface area contributed by atoms with E-state index in [2.05, 4.69) is 5.32 Å². The molecule has 0 saturated carbocycles. The molecule has 1 heterocycles. The fourth-order valence-corrected chi connectivity index (χ4v) is 3.27. The predicted molar refractivity (Wildman–Crippen MR) is 119 cm³/mol. The zero-order chi connectivity index (χ0) is 21.1. The van der Waals surface area contributed by atoms with Crippen LogP contribution in [0.15, 0.2) is 48.0 Å². The van der Waals surface area contributed by atoms with E-state index >= 15 is 0 Å². The van der Waals surface area contributed by atoms with Crippen LogP contribution >= 0.6 is 12.2 Å². The van der Waals surface area contributed by atoms with Crippen molar-refractivity contribution in [2.45, 2.75) is 40.2 Å². The van der Waals surface area contributed by atoms with Crippen LogP contribution in [0.1, 0.15) is 37.0 Å². The molecule has 1 aliphatic rings. The quantitative estimate of drug-likeness (QED) is 0.455. The number of benzene rings is 2. The van der Waals surface area contributed by atoms with Gasteiger partial charge in [0.25, 0.3) is 11.8 Å². The molecule has 29 heavy (non-hydrogen) atoms. The van der Waals surface area contributed by atoms with Crippen LogP contribution in [0.25, 0.3) is 6.08 Å². The maximum Gasteiger partial charge on any atom is 0.270 e. The summed E-state index contributed by atoms with van der Waals surface area (Å²) in [6.07, 6.45) is 2.43. The number of aryl methyl sites for hydroxylation is 2. The highest BCUT2D eigenvalue weighted by atomic mass is 32.1. The Labute approximate surface area is 176 Å². The molecule has 1 atom stereocenters. The van der Waals surface area contributed by atoms with E-state index in [1.807, 2.05) is 70.2 Å². The molecular weight excluding hydrogens is 384 g/mol. The molecule has 2 aromatic carbocycles. The fraction of sp³-hybridized carbons (Fsp3) is 0.261. The number of hydrogen-bond acceptors (Lipinski definition) is 4. The number of carbonyl (C=O) groups is 2. The van der Waals surface area contributed by atoms with E-state index in [4.69, 9.17) is 17.0 Å². The Morgan fingerprint density at radius 1 is 1.17 bits per heavy atom. The molecule has 1 fully saturated rings. The minimum atomic E-state index is -0.514. The zero-order valence-electron chi connectivity index (χ0n) is 17.0. The van der Waals surface area contributed by atoms with Crippen LogP contribution in [0, 0.1) is 13.8 Å². The summed E-state index contributed by atoms with van der Waals surface area (Å²) in [5.74, 6) is -0.341. The van der Waals surface area contributed by atoms with Gasteiger partial charge < -0.3 is 4.74 Å². The molecule has 2 amide bonds. The highest BCUT2D eigenvalue weighted by Gasteiger charge is 2.35. The minimum absolute atomic E-state index is 0.0136. The zero-order valence-corrected chi connectivity index (χ0v) is 17.8. The number of thiocarbonyl (C=S) groups is 1. The summed E-state index contributed by atoms with van der Waals surface area (Å²) in [5, 5.41) is 2.71. The van der Waals surface area contributed by atoms with Gasteiger partial charge in [-0.05, 0) is 68.7 Å². The summed E-state index contributed by atoms with van der Waals surface area (Å²) in [7, 11) is 0. The number of nitrogens with zero attached hydrogens (tertiary/aromatic N) is 1. The summed E-state index contributed by atoms with van der Waals surface area (Å²) in [6, 6.07) is 13.1. The number of hydrogen-bond donors (Lipinski definition) is 1. The average molecular weight is 409 g/mol. The lowest BCUT2D eigenvalue weighted by molar-refractivity contribution is -0.122. The predicted octanol–water partition coefficient (Wildman–Crippen LogP) is 4.31. The van der Waals surface area contributed by atoms with Gasteiger partial charge in [0.2, 0.25) is 0 Å². The number of rotatable bonds is 5. The first-order chi connectivity index (χ1) is 13.8. The van der Waals surface area contributed by atoms with Gasteiger partial charge in [0.05, 0.1) is 11.8 Å². The molecule has 3 rings (SSSR count). The van der Waals surface area contributed by atoms with E-state index in [1.54, 1.807) is 6.08 Å². The Balaban J connectivity index is 2.04. The third kappa shape index (κ3) is 4.38. The molecule has 1 aliphatic heterocycles. The summed E-state index contributed by atoms with van der Waals surface area (Å²) in [5.41, 5.74) is 3.23. The van der Waals surface area contributed by atoms with Gasteiger partial charge in [-0.2, -0.15) is 0 Å². The van der Waals surface area contributed by atoms with Crippen molar-refractivity contribution in [2.24, 2.45) is 0 Å². The van der Waals surface area contributed by atoms with Crippen LogP contribution in [-0.2, 0) is 9.59 Å². The second-order valence-corrected chi connectivity index (χ2v) is 7.51. The van der Waals surface area contributed by atoms with Crippen LogP contribution in [0.4, 0.5) is 5.69 Å². The summed E-state index contributed by atoms with van der Waals surface area (Å²) in [4.78, 5) is 27.2. The lowest BCUT2D eigenvalue weighted by Crippen LogP contribution is -2.54. The third-order valence-electron chi connectivity index (χ3n) is 4.83. The highest BCUT2D eigenvalue weighted by molar-refractivity contribution is 7.80. The normalized spacial score (nSPS) is 16.8. The first-order valence-electron chi connectivity index (χ1n) is 9.56. The Morgan fingerprint density at radius 3 is 2.62 bits per heavy atom. The molecule has 0 bridgehead atoms. The highest BCUT2D eigenvalue weighted by Crippen LogP contribution is 2.28. The van der Waals surface area contributed by atoms with Crippen LogP contribution < -0.4 is 15.0 Å². The minimum Gasteiger partial charge on any atom is -0.490 e. The maximum atomic E-state index is 13.3. The van der Waals surface area contributed by atoms with Gasteiger partial charge in [-0.15, -0.1) is 0 Å². The maximum absolute atomic E-state index is 13.3. The molecule has 0 spiro atoms. The first-order valence-corrected chi connectivity index (χ1v) is 9.97. The van der Waals surface area contributed by atoms with Crippen molar-refractivity contribution in [3.63, 3.8) is 0 Å². The first kappa shape index (κ1) is 20.7. The molecule has 5 nitrogen and oxygen atoms in total. The topological polar surface area (TPSA) is 58.6 Å². The van der Waals surface area contributed by atoms with Crippen LogP contribution in [0.5, 0.6) is 5.75 Å². The fourth-order valence-electron chi connectivity index (χ4n) is 3.00. The lowest BCUT2D eigenvalue weighted by atomic mass is 10.0. The van der Waals surface area contributed by atoms with E-state index in [0.29, 0.717) is 17.0 Å². The van der Waals surface area contributed by atoms with E-state index in [0.717, 1.165) is 17.5 Å². The smallest absolute Gasteiger partial charge is 0.270 e. The van der Waals surface area contributed by atoms with Gasteiger partial charge in [0, 0.05) is 5.56 Å². The Bertz CT molecular complexity index is 1010. The number of amides is 2. The number of para-hydroxylation sites is 1. The summed E-state index contributed by atoms with van der Waals surface area (Å²) < 4.78 is 5.95. The Hall–Kier alpha value is -2.99. The van der Waals surface area contributed by atoms with Gasteiger partial charge in [0.15, 0.2) is 5.11 Å². The van der Waals surface area contributed by atoms with Crippen molar-refractivity contribution in [2.75, 3.05) is 4.90 Å². The second kappa shape index (κ2) is 8.57.